The summed E-state index contributed by atoms with van der Waals surface area (Å²) in [5, 5.41) is 7.18. The van der Waals surface area contributed by atoms with Crippen LogP contribution in [0.3, 0.4) is 0 Å². The Morgan fingerprint density at radius 2 is 1.81 bits per heavy atom. The molecular weight excluding hydrogens is 458 g/mol. The first-order chi connectivity index (χ1) is 15.1. The first kappa shape index (κ1) is 21.2. The lowest BCUT2D eigenvalue weighted by Crippen LogP contribution is -2.42. The Morgan fingerprint density at radius 3 is 2.52 bits per heavy atom. The second-order valence-corrected chi connectivity index (χ2v) is 8.62. The minimum Gasteiger partial charge on any atom is -0.352 e. The fraction of sp³-hybridized carbons (Fsp3) is 0.304. The van der Waals surface area contributed by atoms with Crippen molar-refractivity contribution in [2.45, 2.75) is 25.9 Å². The van der Waals surface area contributed by atoms with Gasteiger partial charge in [-0.1, -0.05) is 40.2 Å². The van der Waals surface area contributed by atoms with E-state index >= 15 is 0 Å². The van der Waals surface area contributed by atoms with Crippen LogP contribution in [0.25, 0.3) is 0 Å². The van der Waals surface area contributed by atoms with Crippen LogP contribution < -0.4 is 5.32 Å². The summed E-state index contributed by atoms with van der Waals surface area (Å²) in [6.07, 6.45) is 4.56. The summed E-state index contributed by atoms with van der Waals surface area (Å²) in [7, 11) is 0. The summed E-state index contributed by atoms with van der Waals surface area (Å²) in [4.78, 5) is 31.1. The maximum atomic E-state index is 12.7. The van der Waals surface area contributed by atoms with Crippen LogP contribution in [0.4, 0.5) is 0 Å². The summed E-state index contributed by atoms with van der Waals surface area (Å²) in [6.45, 7) is 2.33. The van der Waals surface area contributed by atoms with E-state index < -0.39 is 0 Å². The normalized spacial score (nSPS) is 14.4. The van der Waals surface area contributed by atoms with Gasteiger partial charge < -0.3 is 10.2 Å². The smallest absolute Gasteiger partial charge is 0.253 e. The Hall–Kier alpha value is -3.00. The predicted molar refractivity (Wildman–Crippen MR) is 120 cm³/mol. The zero-order chi connectivity index (χ0) is 21.6. The molecule has 160 valence electrons. The van der Waals surface area contributed by atoms with E-state index in [1.54, 1.807) is 11.0 Å². The third-order valence-corrected chi connectivity index (χ3v) is 6.04. The molecule has 1 saturated heterocycles. The second kappa shape index (κ2) is 9.87. The lowest BCUT2D eigenvalue weighted by molar-refractivity contribution is -0.126. The topological polar surface area (TPSA) is 80.1 Å². The van der Waals surface area contributed by atoms with Gasteiger partial charge in [0.2, 0.25) is 5.91 Å². The van der Waals surface area contributed by atoms with Crippen molar-refractivity contribution in [1.82, 2.24) is 25.0 Å². The van der Waals surface area contributed by atoms with Crippen LogP contribution in [0.2, 0.25) is 0 Å². The molecule has 8 heteroatoms. The molecule has 31 heavy (non-hydrogen) atoms. The summed E-state index contributed by atoms with van der Waals surface area (Å²) < 4.78 is 2.71. The predicted octanol–water partition coefficient (Wildman–Crippen LogP) is 3.26. The van der Waals surface area contributed by atoms with Crippen LogP contribution in [0.5, 0.6) is 0 Å². The van der Waals surface area contributed by atoms with E-state index in [4.69, 9.17) is 0 Å². The van der Waals surface area contributed by atoms with Crippen LogP contribution in [-0.4, -0.2) is 44.6 Å². The molecule has 4 rings (SSSR count). The standard InChI is InChI=1S/C23H24BrN5O2/c24-21-6-4-20(5-7-21)23(31)28-10-8-19(9-11-28)22(30)26-13-17-2-1-3-18(12-17)14-29-16-25-15-27-29/h1-7,12,15-16,19H,8-11,13-14H2,(H,26,30). The lowest BCUT2D eigenvalue weighted by Gasteiger charge is -2.31. The Balaban J connectivity index is 1.26. The van der Waals surface area contributed by atoms with Gasteiger partial charge in [-0.05, 0) is 48.2 Å². The van der Waals surface area contributed by atoms with Gasteiger partial charge in [0.1, 0.15) is 12.7 Å². The van der Waals surface area contributed by atoms with Crippen molar-refractivity contribution in [3.05, 3.63) is 82.3 Å². The SMILES string of the molecule is O=C(NCc1cccc(Cn2cncn2)c1)C1CCN(C(=O)c2ccc(Br)cc2)CC1. The maximum absolute atomic E-state index is 12.7. The zero-order valence-corrected chi connectivity index (χ0v) is 18.7. The highest BCUT2D eigenvalue weighted by Gasteiger charge is 2.27. The highest BCUT2D eigenvalue weighted by Crippen LogP contribution is 2.20. The highest BCUT2D eigenvalue weighted by molar-refractivity contribution is 9.10. The molecule has 0 spiro atoms. The molecule has 1 aliphatic heterocycles. The number of likely N-dealkylation sites (tertiary alicyclic amines) is 1. The average Bonchev–Trinajstić information content (AvgIpc) is 3.31. The first-order valence-corrected chi connectivity index (χ1v) is 11.1. The number of nitrogens with zero attached hydrogens (tertiary/aromatic N) is 4. The summed E-state index contributed by atoms with van der Waals surface area (Å²) in [5.41, 5.74) is 2.84. The molecule has 0 unspecified atom stereocenters. The molecule has 2 heterocycles. The quantitative estimate of drug-likeness (QED) is 0.585. The van der Waals surface area contributed by atoms with E-state index in [9.17, 15) is 9.59 Å². The van der Waals surface area contributed by atoms with Crippen LogP contribution in [0.15, 0.2) is 65.7 Å². The minimum atomic E-state index is -0.0627. The number of amides is 2. The molecule has 0 aliphatic carbocycles. The van der Waals surface area contributed by atoms with Gasteiger partial charge in [-0.25, -0.2) is 9.67 Å². The van der Waals surface area contributed by atoms with Crippen molar-refractivity contribution in [2.24, 2.45) is 5.92 Å². The fourth-order valence-electron chi connectivity index (χ4n) is 3.79. The van der Waals surface area contributed by atoms with Gasteiger partial charge in [-0.3, -0.25) is 9.59 Å². The molecule has 2 amide bonds. The van der Waals surface area contributed by atoms with Gasteiger partial charge in [-0.2, -0.15) is 5.10 Å². The number of nitrogens with one attached hydrogen (secondary N) is 1. The third kappa shape index (κ3) is 5.58. The monoisotopic (exact) mass is 481 g/mol. The van der Waals surface area contributed by atoms with E-state index in [1.165, 1.54) is 6.33 Å². The largest absolute Gasteiger partial charge is 0.352 e. The van der Waals surface area contributed by atoms with Crippen molar-refractivity contribution in [3.8, 4) is 0 Å². The Bertz CT molecular complexity index is 1030. The first-order valence-electron chi connectivity index (χ1n) is 10.3. The number of aromatic nitrogens is 3. The second-order valence-electron chi connectivity index (χ2n) is 7.70. The van der Waals surface area contributed by atoms with Crippen LogP contribution in [-0.2, 0) is 17.9 Å². The minimum absolute atomic E-state index is 0.0237. The van der Waals surface area contributed by atoms with Gasteiger partial charge >= 0.3 is 0 Å². The van der Waals surface area contributed by atoms with Crippen LogP contribution >= 0.6 is 15.9 Å². The van der Waals surface area contributed by atoms with E-state index in [0.29, 0.717) is 44.6 Å². The van der Waals surface area contributed by atoms with E-state index in [1.807, 2.05) is 47.4 Å². The highest BCUT2D eigenvalue weighted by atomic mass is 79.9. The van der Waals surface area contributed by atoms with Crippen LogP contribution in [0.1, 0.15) is 34.3 Å². The summed E-state index contributed by atoms with van der Waals surface area (Å²) in [6, 6.07) is 15.5. The molecule has 1 fully saturated rings. The van der Waals surface area contributed by atoms with E-state index in [0.717, 1.165) is 15.6 Å². The van der Waals surface area contributed by atoms with Crippen molar-refractivity contribution >= 4 is 27.7 Å². The zero-order valence-electron chi connectivity index (χ0n) is 17.1. The van der Waals surface area contributed by atoms with Gasteiger partial charge in [0.05, 0.1) is 6.54 Å². The Kier molecular flexibility index (Phi) is 6.76. The Labute approximate surface area is 189 Å². The number of halogens is 1. The molecule has 1 aromatic heterocycles. The molecule has 0 radical (unpaired) electrons. The number of benzene rings is 2. The molecule has 7 nitrogen and oxygen atoms in total. The van der Waals surface area contributed by atoms with Crippen molar-refractivity contribution in [2.75, 3.05) is 13.1 Å². The fourth-order valence-corrected chi connectivity index (χ4v) is 4.06. The number of carbonyl (C=O) groups excluding carboxylic acids is 2. The van der Waals surface area contributed by atoms with Crippen molar-refractivity contribution in [3.63, 3.8) is 0 Å². The summed E-state index contributed by atoms with van der Waals surface area (Å²) >= 11 is 3.39. The van der Waals surface area contributed by atoms with Gasteiger partial charge in [0.15, 0.2) is 0 Å². The van der Waals surface area contributed by atoms with E-state index in [2.05, 4.69) is 37.4 Å². The van der Waals surface area contributed by atoms with Gasteiger partial charge in [0, 0.05) is 35.6 Å². The average molecular weight is 482 g/mol. The van der Waals surface area contributed by atoms with E-state index in [-0.39, 0.29) is 17.7 Å². The summed E-state index contributed by atoms with van der Waals surface area (Å²) in [5.74, 6) is 0.0141. The van der Waals surface area contributed by atoms with Crippen molar-refractivity contribution < 1.29 is 9.59 Å². The molecule has 1 aliphatic rings. The molecule has 0 saturated carbocycles. The van der Waals surface area contributed by atoms with Gasteiger partial charge in [-0.15, -0.1) is 0 Å². The Morgan fingerprint density at radius 1 is 1.06 bits per heavy atom. The number of carbonyl (C=O) groups is 2. The number of rotatable bonds is 6. The number of hydrogen-bond donors (Lipinski definition) is 1. The molecule has 0 atom stereocenters. The molecule has 3 aromatic rings. The lowest BCUT2D eigenvalue weighted by atomic mass is 9.95. The molecule has 2 aromatic carbocycles. The molecular formula is C23H24BrN5O2. The maximum Gasteiger partial charge on any atom is 0.253 e. The molecule has 1 N–H and O–H groups in total. The number of piperidine rings is 1. The van der Waals surface area contributed by atoms with Gasteiger partial charge in [0.25, 0.3) is 5.91 Å². The van der Waals surface area contributed by atoms with Crippen LogP contribution in [0, 0.1) is 5.92 Å². The number of hydrogen-bond acceptors (Lipinski definition) is 4. The third-order valence-electron chi connectivity index (χ3n) is 5.51. The van der Waals surface area contributed by atoms with Crippen molar-refractivity contribution in [1.29, 1.82) is 0 Å². The molecule has 0 bridgehead atoms.